The van der Waals surface area contributed by atoms with Crippen LogP contribution in [0.1, 0.15) is 26.2 Å². The fraction of sp³-hybridized carbons (Fsp3) is 0.700. The third-order valence-corrected chi connectivity index (χ3v) is 2.60. The molecule has 1 fully saturated rings. The lowest BCUT2D eigenvalue weighted by Crippen LogP contribution is -2.46. The maximum absolute atomic E-state index is 11.7. The minimum atomic E-state index is -0.952. The molecule has 6 heteroatoms. The van der Waals surface area contributed by atoms with Crippen molar-refractivity contribution in [2.45, 2.75) is 38.3 Å². The Morgan fingerprint density at radius 1 is 1.62 bits per heavy atom. The van der Waals surface area contributed by atoms with Crippen LogP contribution in [0.3, 0.4) is 0 Å². The lowest BCUT2D eigenvalue weighted by Gasteiger charge is -2.21. The van der Waals surface area contributed by atoms with Crippen LogP contribution in [0.25, 0.3) is 0 Å². The molecule has 6 nitrogen and oxygen atoms in total. The zero-order valence-electron chi connectivity index (χ0n) is 9.18. The highest BCUT2D eigenvalue weighted by atomic mass is 16.4. The van der Waals surface area contributed by atoms with Gasteiger partial charge in [0.05, 0.1) is 6.42 Å². The van der Waals surface area contributed by atoms with Crippen molar-refractivity contribution in [2.24, 2.45) is 0 Å². The number of hydrogen-bond acceptors (Lipinski definition) is 3. The summed E-state index contributed by atoms with van der Waals surface area (Å²) in [6, 6.07) is -0.854. The van der Waals surface area contributed by atoms with Crippen LogP contribution in [-0.2, 0) is 14.4 Å². The summed E-state index contributed by atoms with van der Waals surface area (Å²) in [5, 5.41) is 11.1. The van der Waals surface area contributed by atoms with Gasteiger partial charge < -0.3 is 15.3 Å². The summed E-state index contributed by atoms with van der Waals surface area (Å²) in [6.45, 7) is 2.22. The van der Waals surface area contributed by atoms with Crippen molar-refractivity contribution in [3.63, 3.8) is 0 Å². The number of carboxylic acids is 1. The van der Waals surface area contributed by atoms with Crippen LogP contribution >= 0.6 is 0 Å². The summed E-state index contributed by atoms with van der Waals surface area (Å²) < 4.78 is 0. The van der Waals surface area contributed by atoms with Crippen molar-refractivity contribution in [3.05, 3.63) is 0 Å². The average Bonchev–Trinajstić information content (AvgIpc) is 2.63. The van der Waals surface area contributed by atoms with Gasteiger partial charge in [-0.1, -0.05) is 0 Å². The molecule has 0 aromatic heterocycles. The molecule has 2 atom stereocenters. The molecule has 0 saturated carbocycles. The molecule has 1 aliphatic heterocycles. The Balaban J connectivity index is 2.45. The van der Waals surface area contributed by atoms with Gasteiger partial charge in [-0.25, -0.2) is 0 Å². The van der Waals surface area contributed by atoms with E-state index >= 15 is 0 Å². The van der Waals surface area contributed by atoms with Gasteiger partial charge in [0.25, 0.3) is 0 Å². The smallest absolute Gasteiger partial charge is 0.305 e. The van der Waals surface area contributed by atoms with Gasteiger partial charge in [0.1, 0.15) is 6.04 Å². The van der Waals surface area contributed by atoms with Gasteiger partial charge in [-0.2, -0.15) is 0 Å². The monoisotopic (exact) mass is 228 g/mol. The molecule has 0 aliphatic carbocycles. The van der Waals surface area contributed by atoms with Crippen molar-refractivity contribution in [1.82, 2.24) is 10.2 Å². The first-order valence-electron chi connectivity index (χ1n) is 5.27. The zero-order chi connectivity index (χ0) is 12.1. The Morgan fingerprint density at radius 3 is 2.88 bits per heavy atom. The molecule has 2 amide bonds. The Kier molecular flexibility index (Phi) is 4.28. The van der Waals surface area contributed by atoms with E-state index in [-0.39, 0.29) is 12.3 Å². The summed E-state index contributed by atoms with van der Waals surface area (Å²) in [4.78, 5) is 34.2. The number of hydrogen-bond donors (Lipinski definition) is 2. The van der Waals surface area contributed by atoms with E-state index in [1.54, 1.807) is 6.92 Å². The van der Waals surface area contributed by atoms with E-state index in [9.17, 15) is 14.4 Å². The summed E-state index contributed by atoms with van der Waals surface area (Å²) >= 11 is 0. The van der Waals surface area contributed by atoms with E-state index in [2.05, 4.69) is 5.32 Å². The first-order chi connectivity index (χ1) is 7.54. The maximum Gasteiger partial charge on any atom is 0.305 e. The molecule has 0 radical (unpaired) electrons. The van der Waals surface area contributed by atoms with Gasteiger partial charge in [0, 0.05) is 12.6 Å². The summed E-state index contributed by atoms with van der Waals surface area (Å²) in [7, 11) is 0. The molecule has 2 unspecified atom stereocenters. The van der Waals surface area contributed by atoms with Crippen LogP contribution in [0.5, 0.6) is 0 Å². The minimum Gasteiger partial charge on any atom is -0.481 e. The number of aliphatic carboxylic acids is 1. The first kappa shape index (κ1) is 12.5. The molecule has 0 aromatic carbocycles. The quantitative estimate of drug-likeness (QED) is 0.626. The van der Waals surface area contributed by atoms with Crippen LogP contribution < -0.4 is 5.32 Å². The molecule has 16 heavy (non-hydrogen) atoms. The maximum atomic E-state index is 11.7. The highest BCUT2D eigenvalue weighted by Crippen LogP contribution is 2.15. The summed E-state index contributed by atoms with van der Waals surface area (Å²) in [6.07, 6.45) is 2.01. The van der Waals surface area contributed by atoms with E-state index < -0.39 is 18.1 Å². The normalized spacial score (nSPS) is 21.6. The first-order valence-corrected chi connectivity index (χ1v) is 5.27. The fourth-order valence-electron chi connectivity index (χ4n) is 1.85. The van der Waals surface area contributed by atoms with Crippen LogP contribution in [0, 0.1) is 0 Å². The molecule has 1 rings (SSSR count). The molecular weight excluding hydrogens is 212 g/mol. The molecule has 2 N–H and O–H groups in total. The second-order valence-electron chi connectivity index (χ2n) is 4.01. The van der Waals surface area contributed by atoms with E-state index in [1.807, 2.05) is 0 Å². The highest BCUT2D eigenvalue weighted by Gasteiger charge is 2.30. The third-order valence-electron chi connectivity index (χ3n) is 2.60. The Labute approximate surface area is 93.6 Å². The van der Waals surface area contributed by atoms with E-state index in [4.69, 9.17) is 5.11 Å². The number of likely N-dealkylation sites (tertiary alicyclic amines) is 1. The largest absolute Gasteiger partial charge is 0.481 e. The number of carboxylic acid groups (broad SMARTS) is 1. The Morgan fingerprint density at radius 2 is 2.31 bits per heavy atom. The van der Waals surface area contributed by atoms with E-state index in [0.29, 0.717) is 19.4 Å². The van der Waals surface area contributed by atoms with E-state index in [1.165, 1.54) is 4.90 Å². The third kappa shape index (κ3) is 3.22. The molecule has 0 spiro atoms. The fourth-order valence-corrected chi connectivity index (χ4v) is 1.85. The second kappa shape index (κ2) is 5.48. The molecule has 0 aromatic rings. The van der Waals surface area contributed by atoms with Crippen LogP contribution in [0.4, 0.5) is 0 Å². The highest BCUT2D eigenvalue weighted by molar-refractivity contribution is 5.84. The number of carbonyl (C=O) groups is 3. The lowest BCUT2D eigenvalue weighted by molar-refractivity contribution is -0.138. The van der Waals surface area contributed by atoms with E-state index in [0.717, 1.165) is 6.42 Å². The number of carbonyl (C=O) groups excluding carboxylic acids is 2. The van der Waals surface area contributed by atoms with Gasteiger partial charge in [-0.15, -0.1) is 0 Å². The average molecular weight is 228 g/mol. The Bertz CT molecular complexity index is 293. The van der Waals surface area contributed by atoms with Crippen molar-refractivity contribution in [1.29, 1.82) is 0 Å². The number of nitrogens with zero attached hydrogens (tertiary/aromatic N) is 1. The van der Waals surface area contributed by atoms with Crippen molar-refractivity contribution in [2.75, 3.05) is 6.54 Å². The molecule has 0 bridgehead atoms. The van der Waals surface area contributed by atoms with Gasteiger partial charge in [-0.05, 0) is 19.8 Å². The molecule has 1 saturated heterocycles. The zero-order valence-corrected chi connectivity index (χ0v) is 9.18. The van der Waals surface area contributed by atoms with Gasteiger partial charge >= 0.3 is 5.97 Å². The van der Waals surface area contributed by atoms with Crippen LogP contribution in [0.2, 0.25) is 0 Å². The summed E-state index contributed by atoms with van der Waals surface area (Å²) in [5.74, 6) is -1.22. The topological polar surface area (TPSA) is 86.7 Å². The predicted octanol–water partition coefficient (Wildman–Crippen LogP) is -0.413. The van der Waals surface area contributed by atoms with Gasteiger partial charge in [0.15, 0.2) is 0 Å². The molecular formula is C10H16N2O4. The molecule has 1 aliphatic rings. The van der Waals surface area contributed by atoms with Gasteiger partial charge in [0.2, 0.25) is 12.3 Å². The second-order valence-corrected chi connectivity index (χ2v) is 4.01. The number of amides is 2. The minimum absolute atomic E-state index is 0.112. The van der Waals surface area contributed by atoms with Crippen molar-refractivity contribution >= 4 is 18.3 Å². The standard InChI is InChI=1S/C10H16N2O4/c1-7(5-9(14)15)11-10(16)8-3-2-4-12(8)6-13/h6-8H,2-5H2,1H3,(H,11,16)(H,14,15). The molecule has 1 heterocycles. The van der Waals surface area contributed by atoms with Crippen LogP contribution in [-0.4, -0.2) is 46.9 Å². The molecule has 90 valence electrons. The van der Waals surface area contributed by atoms with Crippen LogP contribution in [0.15, 0.2) is 0 Å². The lowest BCUT2D eigenvalue weighted by atomic mass is 10.1. The SMILES string of the molecule is CC(CC(=O)O)NC(=O)C1CCCN1C=O. The predicted molar refractivity (Wildman–Crippen MR) is 55.6 cm³/mol. The Hall–Kier alpha value is -1.59. The summed E-state index contributed by atoms with van der Waals surface area (Å²) in [5.41, 5.74) is 0. The van der Waals surface area contributed by atoms with Crippen molar-refractivity contribution in [3.8, 4) is 0 Å². The number of rotatable bonds is 5. The number of nitrogens with one attached hydrogen (secondary N) is 1. The van der Waals surface area contributed by atoms with Gasteiger partial charge in [-0.3, -0.25) is 14.4 Å². The van der Waals surface area contributed by atoms with Crippen molar-refractivity contribution < 1.29 is 19.5 Å².